The number of rotatable bonds is 4. The Morgan fingerprint density at radius 2 is 1.74 bits per heavy atom. The van der Waals surface area contributed by atoms with Gasteiger partial charge in [0.25, 0.3) is 5.82 Å². The Kier molecular flexibility index (Phi) is 5.22. The van der Waals surface area contributed by atoms with Crippen LogP contribution in [-0.4, -0.2) is 74.3 Å². The van der Waals surface area contributed by atoms with E-state index < -0.39 is 12.0 Å². The molecule has 3 aromatic heterocycles. The van der Waals surface area contributed by atoms with Gasteiger partial charge in [-0.15, -0.1) is 25.5 Å². The van der Waals surface area contributed by atoms with E-state index in [2.05, 4.69) is 30.4 Å². The zero-order chi connectivity index (χ0) is 21.4. The van der Waals surface area contributed by atoms with E-state index in [-0.39, 0.29) is 11.6 Å². The average molecular weight is 438 g/mol. The minimum absolute atomic E-state index is 0.0615. The quantitative estimate of drug-likeness (QED) is 0.603. The summed E-state index contributed by atoms with van der Waals surface area (Å²) in [5.74, 6) is 0.835. The van der Waals surface area contributed by atoms with Crippen molar-refractivity contribution in [2.24, 2.45) is 0 Å². The van der Waals surface area contributed by atoms with Crippen molar-refractivity contribution in [3.05, 3.63) is 29.7 Å². The monoisotopic (exact) mass is 438 g/mol. The largest absolute Gasteiger partial charge is 0.453 e. The van der Waals surface area contributed by atoms with E-state index in [9.17, 15) is 13.2 Å². The van der Waals surface area contributed by atoms with Crippen molar-refractivity contribution >= 4 is 11.5 Å². The zero-order valence-electron chi connectivity index (χ0n) is 16.6. The van der Waals surface area contributed by atoms with Gasteiger partial charge in [-0.05, 0) is 25.0 Å². The lowest BCUT2D eigenvalue weighted by atomic mass is 10.0. The van der Waals surface area contributed by atoms with E-state index in [1.807, 2.05) is 4.90 Å². The van der Waals surface area contributed by atoms with Crippen LogP contribution in [0.4, 0.5) is 19.0 Å². The molecule has 2 aliphatic rings. The predicted octanol–water partition coefficient (Wildman–Crippen LogP) is 1.74. The van der Waals surface area contributed by atoms with Crippen LogP contribution < -0.4 is 4.90 Å². The Morgan fingerprint density at radius 1 is 0.968 bits per heavy atom. The number of ether oxygens (including phenoxy) is 1. The Balaban J connectivity index is 1.21. The first kappa shape index (κ1) is 20.1. The number of alkyl halides is 3. The lowest BCUT2D eigenvalue weighted by Crippen LogP contribution is -2.46. The Labute approximate surface area is 175 Å². The van der Waals surface area contributed by atoms with Gasteiger partial charge in [0.05, 0.1) is 6.54 Å². The number of halogens is 3. The summed E-state index contributed by atoms with van der Waals surface area (Å²) in [6, 6.07) is 3.16. The number of anilines is 1. The highest BCUT2D eigenvalue weighted by Gasteiger charge is 2.38. The van der Waals surface area contributed by atoms with Crippen molar-refractivity contribution in [3.8, 4) is 0 Å². The van der Waals surface area contributed by atoms with E-state index in [0.717, 1.165) is 17.4 Å². The van der Waals surface area contributed by atoms with Crippen LogP contribution in [0.1, 0.15) is 36.4 Å². The lowest BCUT2D eigenvalue weighted by Gasteiger charge is -2.34. The molecule has 0 radical (unpaired) electrons. The summed E-state index contributed by atoms with van der Waals surface area (Å²) >= 11 is 0. The standard InChI is InChI=1S/C18H21F3N8O2/c19-18(20,21)17-25-22-13-1-2-14(26-29(13)17)28-7-5-27(6-8-28)11-15-23-24-16(31-15)12-3-9-30-10-4-12/h1-2,12H,3-11H2. The summed E-state index contributed by atoms with van der Waals surface area (Å²) in [5, 5.41) is 19.2. The summed E-state index contributed by atoms with van der Waals surface area (Å²) in [6.45, 7) is 4.59. The minimum Gasteiger partial charge on any atom is -0.424 e. The number of hydrogen-bond acceptors (Lipinski definition) is 9. The normalized spacial score (nSPS) is 19.4. The molecule has 10 nitrogen and oxygen atoms in total. The van der Waals surface area contributed by atoms with Gasteiger partial charge in [0, 0.05) is 45.3 Å². The summed E-state index contributed by atoms with van der Waals surface area (Å²) in [4.78, 5) is 4.12. The van der Waals surface area contributed by atoms with Crippen LogP contribution in [0.5, 0.6) is 0 Å². The lowest BCUT2D eigenvalue weighted by molar-refractivity contribution is -0.146. The molecule has 166 valence electrons. The summed E-state index contributed by atoms with van der Waals surface area (Å²) < 4.78 is 51.2. The number of hydrogen-bond donors (Lipinski definition) is 0. The highest BCUT2D eigenvalue weighted by Crippen LogP contribution is 2.28. The maximum Gasteiger partial charge on any atom is 0.453 e. The van der Waals surface area contributed by atoms with Crippen molar-refractivity contribution in [1.29, 1.82) is 0 Å². The van der Waals surface area contributed by atoms with Gasteiger partial charge in [0.1, 0.15) is 5.82 Å². The molecule has 13 heteroatoms. The molecular weight excluding hydrogens is 417 g/mol. The van der Waals surface area contributed by atoms with Crippen LogP contribution >= 0.6 is 0 Å². The van der Waals surface area contributed by atoms with E-state index in [0.29, 0.717) is 63.5 Å². The Hall–Kier alpha value is -2.80. The Bertz CT molecular complexity index is 1040. The van der Waals surface area contributed by atoms with Crippen LogP contribution in [0.2, 0.25) is 0 Å². The molecule has 2 saturated heterocycles. The van der Waals surface area contributed by atoms with Gasteiger partial charge >= 0.3 is 6.18 Å². The minimum atomic E-state index is -4.61. The topological polar surface area (TPSA) is 97.7 Å². The molecule has 5 heterocycles. The van der Waals surface area contributed by atoms with Gasteiger partial charge < -0.3 is 14.1 Å². The predicted molar refractivity (Wildman–Crippen MR) is 100 cm³/mol. The van der Waals surface area contributed by atoms with E-state index >= 15 is 0 Å². The van der Waals surface area contributed by atoms with Gasteiger partial charge in [-0.25, -0.2) is 0 Å². The van der Waals surface area contributed by atoms with E-state index in [1.54, 1.807) is 6.07 Å². The smallest absolute Gasteiger partial charge is 0.424 e. The Morgan fingerprint density at radius 3 is 2.48 bits per heavy atom. The highest BCUT2D eigenvalue weighted by molar-refractivity contribution is 5.46. The van der Waals surface area contributed by atoms with Crippen LogP contribution in [-0.2, 0) is 17.5 Å². The molecular formula is C18H21F3N8O2. The van der Waals surface area contributed by atoms with Crippen molar-refractivity contribution in [2.75, 3.05) is 44.3 Å². The first-order chi connectivity index (χ1) is 15.0. The van der Waals surface area contributed by atoms with Gasteiger partial charge in [0.2, 0.25) is 11.8 Å². The summed E-state index contributed by atoms with van der Waals surface area (Å²) in [7, 11) is 0. The van der Waals surface area contributed by atoms with Crippen molar-refractivity contribution in [2.45, 2.75) is 31.5 Å². The molecule has 2 fully saturated rings. The first-order valence-electron chi connectivity index (χ1n) is 10.1. The molecule has 0 saturated carbocycles. The van der Waals surface area contributed by atoms with Gasteiger partial charge in [-0.1, -0.05) is 0 Å². The maximum atomic E-state index is 13.1. The van der Waals surface area contributed by atoms with Crippen molar-refractivity contribution in [3.63, 3.8) is 0 Å². The zero-order valence-corrected chi connectivity index (χ0v) is 16.6. The fraction of sp³-hybridized carbons (Fsp3) is 0.611. The number of fused-ring (bicyclic) bond motifs is 1. The maximum absolute atomic E-state index is 13.1. The van der Waals surface area contributed by atoms with Gasteiger partial charge in [-0.3, -0.25) is 4.90 Å². The van der Waals surface area contributed by atoms with Crippen molar-refractivity contribution in [1.82, 2.24) is 34.9 Å². The van der Waals surface area contributed by atoms with Gasteiger partial charge in [0.15, 0.2) is 5.65 Å². The molecule has 2 aliphatic heterocycles. The van der Waals surface area contributed by atoms with Crippen LogP contribution in [0, 0.1) is 0 Å². The molecule has 0 aromatic carbocycles. The van der Waals surface area contributed by atoms with Crippen LogP contribution in [0.15, 0.2) is 16.5 Å². The number of aromatic nitrogens is 6. The second kappa shape index (κ2) is 8.04. The fourth-order valence-corrected chi connectivity index (χ4v) is 3.89. The average Bonchev–Trinajstić information content (AvgIpc) is 3.41. The summed E-state index contributed by atoms with van der Waals surface area (Å²) in [6.07, 6.45) is -2.84. The third kappa shape index (κ3) is 4.19. The molecule has 5 rings (SSSR count). The number of nitrogens with zero attached hydrogens (tertiary/aromatic N) is 8. The molecule has 31 heavy (non-hydrogen) atoms. The highest BCUT2D eigenvalue weighted by atomic mass is 19.4. The molecule has 3 aromatic rings. The van der Waals surface area contributed by atoms with E-state index in [1.165, 1.54) is 6.07 Å². The molecule has 0 N–H and O–H groups in total. The third-order valence-electron chi connectivity index (χ3n) is 5.61. The second-order valence-electron chi connectivity index (χ2n) is 7.67. The number of piperazine rings is 1. The molecule has 0 aliphatic carbocycles. The fourth-order valence-electron chi connectivity index (χ4n) is 3.89. The molecule has 0 atom stereocenters. The molecule has 0 bridgehead atoms. The molecule has 0 amide bonds. The van der Waals surface area contributed by atoms with Crippen LogP contribution in [0.3, 0.4) is 0 Å². The van der Waals surface area contributed by atoms with E-state index in [4.69, 9.17) is 9.15 Å². The summed E-state index contributed by atoms with van der Waals surface area (Å²) in [5.41, 5.74) is 0.0615. The third-order valence-corrected chi connectivity index (χ3v) is 5.61. The first-order valence-corrected chi connectivity index (χ1v) is 10.1. The van der Waals surface area contributed by atoms with Crippen molar-refractivity contribution < 1.29 is 22.3 Å². The molecule has 0 spiro atoms. The van der Waals surface area contributed by atoms with Crippen LogP contribution in [0.25, 0.3) is 5.65 Å². The SMILES string of the molecule is FC(F)(F)c1nnc2ccc(N3CCN(Cc4nnc(C5CCOCC5)o4)CC3)nn12. The molecule has 0 unspecified atom stereocenters. The van der Waals surface area contributed by atoms with Gasteiger partial charge in [-0.2, -0.15) is 17.7 Å². The second-order valence-corrected chi connectivity index (χ2v) is 7.67.